The lowest BCUT2D eigenvalue weighted by Crippen LogP contribution is -2.12. The van der Waals surface area contributed by atoms with Crippen molar-refractivity contribution in [3.8, 4) is 0 Å². The van der Waals surface area contributed by atoms with E-state index >= 15 is 0 Å². The number of hydrogen-bond donors (Lipinski definition) is 1. The van der Waals surface area contributed by atoms with E-state index in [-0.39, 0.29) is 5.57 Å². The lowest BCUT2D eigenvalue weighted by molar-refractivity contribution is -0.114. The molecular formula is C10H10FNO. The number of primary amides is 1. The van der Waals surface area contributed by atoms with Gasteiger partial charge in [0.1, 0.15) is 5.83 Å². The second kappa shape index (κ2) is 3.85. The van der Waals surface area contributed by atoms with Gasteiger partial charge in [-0.15, -0.1) is 0 Å². The molecule has 0 radical (unpaired) electrons. The smallest absolute Gasteiger partial charge is 0.247 e. The van der Waals surface area contributed by atoms with Gasteiger partial charge >= 0.3 is 0 Å². The zero-order valence-electron chi connectivity index (χ0n) is 7.25. The van der Waals surface area contributed by atoms with Crippen molar-refractivity contribution in [2.75, 3.05) is 0 Å². The third kappa shape index (κ3) is 2.15. The van der Waals surface area contributed by atoms with E-state index in [4.69, 9.17) is 5.73 Å². The minimum absolute atomic E-state index is 0.0498. The molecule has 0 aliphatic rings. The molecule has 0 bridgehead atoms. The molecule has 1 aromatic rings. The summed E-state index contributed by atoms with van der Waals surface area (Å²) in [6.07, 6.45) is 0. The van der Waals surface area contributed by atoms with E-state index in [2.05, 4.69) is 0 Å². The summed E-state index contributed by atoms with van der Waals surface area (Å²) < 4.78 is 13.4. The highest BCUT2D eigenvalue weighted by Crippen LogP contribution is 2.19. The van der Waals surface area contributed by atoms with Crippen LogP contribution in [0.4, 0.5) is 4.39 Å². The number of benzene rings is 1. The van der Waals surface area contributed by atoms with Crippen molar-refractivity contribution in [2.45, 2.75) is 6.92 Å². The van der Waals surface area contributed by atoms with Crippen LogP contribution >= 0.6 is 0 Å². The number of carbonyl (C=O) groups is 1. The molecule has 0 unspecified atom stereocenters. The van der Waals surface area contributed by atoms with Crippen molar-refractivity contribution in [2.24, 2.45) is 5.73 Å². The summed E-state index contributed by atoms with van der Waals surface area (Å²) in [6.45, 7) is 1.37. The van der Waals surface area contributed by atoms with Crippen LogP contribution in [0, 0.1) is 0 Å². The third-order valence-corrected chi connectivity index (χ3v) is 1.73. The summed E-state index contributed by atoms with van der Waals surface area (Å²) in [5, 5.41) is 0. The van der Waals surface area contributed by atoms with Gasteiger partial charge in [-0.3, -0.25) is 4.79 Å². The Morgan fingerprint density at radius 2 is 1.85 bits per heavy atom. The Morgan fingerprint density at radius 1 is 1.31 bits per heavy atom. The Bertz CT molecular complexity index is 343. The van der Waals surface area contributed by atoms with Crippen LogP contribution in [0.2, 0.25) is 0 Å². The molecule has 1 amide bonds. The molecule has 0 aliphatic heterocycles. The Hall–Kier alpha value is -1.64. The van der Waals surface area contributed by atoms with E-state index in [0.29, 0.717) is 5.56 Å². The predicted octanol–water partition coefficient (Wildman–Crippen LogP) is 1.87. The predicted molar refractivity (Wildman–Crippen MR) is 49.3 cm³/mol. The fraction of sp³-hybridized carbons (Fsp3) is 0.100. The molecule has 1 rings (SSSR count). The largest absolute Gasteiger partial charge is 0.366 e. The molecule has 13 heavy (non-hydrogen) atoms. The lowest BCUT2D eigenvalue weighted by Gasteiger charge is -1.99. The summed E-state index contributed by atoms with van der Waals surface area (Å²) in [5.41, 5.74) is 5.26. The fourth-order valence-corrected chi connectivity index (χ4v) is 0.909. The summed E-state index contributed by atoms with van der Waals surface area (Å²) in [4.78, 5) is 10.6. The molecule has 68 valence electrons. The minimum Gasteiger partial charge on any atom is -0.366 e. The van der Waals surface area contributed by atoms with Crippen LogP contribution in [-0.2, 0) is 4.79 Å². The van der Waals surface area contributed by atoms with E-state index in [1.807, 2.05) is 0 Å². The average molecular weight is 179 g/mol. The quantitative estimate of drug-likeness (QED) is 0.692. The van der Waals surface area contributed by atoms with Crippen LogP contribution in [0.15, 0.2) is 35.9 Å². The van der Waals surface area contributed by atoms with Crippen molar-refractivity contribution in [1.82, 2.24) is 0 Å². The first-order valence-electron chi connectivity index (χ1n) is 3.84. The van der Waals surface area contributed by atoms with E-state index in [0.717, 1.165) is 0 Å². The average Bonchev–Trinajstić information content (AvgIpc) is 2.17. The molecule has 0 atom stereocenters. The molecule has 2 nitrogen and oxygen atoms in total. The Morgan fingerprint density at radius 3 is 2.31 bits per heavy atom. The topological polar surface area (TPSA) is 43.1 Å². The molecule has 1 aromatic carbocycles. The number of amides is 1. The van der Waals surface area contributed by atoms with Gasteiger partial charge in [-0.05, 0) is 6.92 Å². The first-order valence-corrected chi connectivity index (χ1v) is 3.84. The fourth-order valence-electron chi connectivity index (χ4n) is 0.909. The van der Waals surface area contributed by atoms with E-state index < -0.39 is 11.7 Å². The van der Waals surface area contributed by atoms with Crippen molar-refractivity contribution >= 4 is 11.7 Å². The van der Waals surface area contributed by atoms with Gasteiger partial charge in [0, 0.05) is 11.1 Å². The van der Waals surface area contributed by atoms with Gasteiger partial charge < -0.3 is 5.73 Å². The monoisotopic (exact) mass is 179 g/mol. The molecular weight excluding hydrogens is 169 g/mol. The van der Waals surface area contributed by atoms with Crippen LogP contribution in [0.25, 0.3) is 5.83 Å². The normalized spacial score (nSPS) is 12.2. The second-order valence-electron chi connectivity index (χ2n) is 2.67. The number of carbonyl (C=O) groups excluding carboxylic acids is 1. The summed E-state index contributed by atoms with van der Waals surface area (Å²) in [6, 6.07) is 8.34. The molecule has 0 aromatic heterocycles. The Labute approximate surface area is 75.9 Å². The van der Waals surface area contributed by atoms with Crippen molar-refractivity contribution in [3.05, 3.63) is 41.5 Å². The van der Waals surface area contributed by atoms with Gasteiger partial charge in [-0.25, -0.2) is 4.39 Å². The van der Waals surface area contributed by atoms with Crippen LogP contribution in [0.3, 0.4) is 0 Å². The molecule has 0 aliphatic carbocycles. The van der Waals surface area contributed by atoms with Crippen LogP contribution in [0.5, 0.6) is 0 Å². The van der Waals surface area contributed by atoms with Gasteiger partial charge in [0.15, 0.2) is 0 Å². The van der Waals surface area contributed by atoms with Crippen LogP contribution in [0.1, 0.15) is 12.5 Å². The molecule has 3 heteroatoms. The van der Waals surface area contributed by atoms with E-state index in [9.17, 15) is 9.18 Å². The molecule has 2 N–H and O–H groups in total. The molecule has 0 saturated carbocycles. The number of hydrogen-bond acceptors (Lipinski definition) is 1. The lowest BCUT2D eigenvalue weighted by atomic mass is 10.1. The van der Waals surface area contributed by atoms with Gasteiger partial charge in [0.25, 0.3) is 0 Å². The van der Waals surface area contributed by atoms with Crippen LogP contribution < -0.4 is 5.73 Å². The van der Waals surface area contributed by atoms with Gasteiger partial charge in [0.2, 0.25) is 5.91 Å². The number of nitrogens with two attached hydrogens (primary N) is 1. The Kier molecular flexibility index (Phi) is 2.80. The SMILES string of the molecule is CC(C(N)=O)=C(F)c1ccccc1. The first kappa shape index (κ1) is 9.45. The van der Waals surface area contributed by atoms with Gasteiger partial charge in [-0.2, -0.15) is 0 Å². The van der Waals surface area contributed by atoms with Crippen LogP contribution in [-0.4, -0.2) is 5.91 Å². The minimum atomic E-state index is -0.735. The van der Waals surface area contributed by atoms with Crippen molar-refractivity contribution in [3.63, 3.8) is 0 Å². The highest BCUT2D eigenvalue weighted by atomic mass is 19.1. The zero-order valence-corrected chi connectivity index (χ0v) is 7.25. The van der Waals surface area contributed by atoms with Gasteiger partial charge in [-0.1, -0.05) is 30.3 Å². The summed E-state index contributed by atoms with van der Waals surface area (Å²) >= 11 is 0. The summed E-state index contributed by atoms with van der Waals surface area (Å²) in [5.74, 6) is -1.30. The highest BCUT2D eigenvalue weighted by Gasteiger charge is 2.08. The maximum absolute atomic E-state index is 13.4. The summed E-state index contributed by atoms with van der Waals surface area (Å²) in [7, 11) is 0. The second-order valence-corrected chi connectivity index (χ2v) is 2.67. The maximum Gasteiger partial charge on any atom is 0.247 e. The number of halogens is 1. The zero-order chi connectivity index (χ0) is 9.84. The van der Waals surface area contributed by atoms with Crippen molar-refractivity contribution in [1.29, 1.82) is 0 Å². The highest BCUT2D eigenvalue weighted by molar-refractivity contribution is 5.98. The van der Waals surface area contributed by atoms with E-state index in [1.165, 1.54) is 6.92 Å². The Balaban J connectivity index is 3.11. The molecule has 0 fully saturated rings. The molecule has 0 spiro atoms. The maximum atomic E-state index is 13.4. The number of rotatable bonds is 2. The standard InChI is InChI=1S/C10H10FNO/c1-7(10(12)13)9(11)8-5-3-2-4-6-8/h2-6H,1H3,(H2,12,13). The van der Waals surface area contributed by atoms with Gasteiger partial charge in [0.05, 0.1) is 0 Å². The molecule has 0 heterocycles. The molecule has 0 saturated heterocycles. The first-order chi connectivity index (χ1) is 6.13. The third-order valence-electron chi connectivity index (χ3n) is 1.73. The van der Waals surface area contributed by atoms with Crippen molar-refractivity contribution < 1.29 is 9.18 Å². The van der Waals surface area contributed by atoms with E-state index in [1.54, 1.807) is 30.3 Å².